The largest absolute Gasteiger partial charge is 0.354 e. The molecule has 0 radical (unpaired) electrons. The Morgan fingerprint density at radius 2 is 0.974 bits per heavy atom. The van der Waals surface area contributed by atoms with Crippen LogP contribution in [-0.4, -0.2) is 119 Å². The average Bonchev–Trinajstić information content (AvgIpc) is 2.98. The third-order valence-electron chi connectivity index (χ3n) is 6.62. The van der Waals surface area contributed by atoms with Gasteiger partial charge < -0.3 is 9.80 Å². The lowest BCUT2D eigenvalue weighted by molar-refractivity contribution is 0.190. The minimum atomic E-state index is 0.826. The van der Waals surface area contributed by atoms with Crippen molar-refractivity contribution >= 4 is 67.1 Å². The van der Waals surface area contributed by atoms with Crippen molar-refractivity contribution in [2.24, 2.45) is 9.98 Å². The van der Waals surface area contributed by atoms with Crippen LogP contribution in [0.5, 0.6) is 0 Å². The van der Waals surface area contributed by atoms with Gasteiger partial charge in [0.15, 0.2) is 0 Å². The number of hydrogen-bond acceptors (Lipinski definition) is 8. The van der Waals surface area contributed by atoms with Crippen LogP contribution in [0.15, 0.2) is 70.6 Å². The average molecular weight is 585 g/mol. The Balaban J connectivity index is 1.05. The van der Waals surface area contributed by atoms with Gasteiger partial charge in [0.05, 0.1) is 13.1 Å². The quantitative estimate of drug-likeness (QED) is 0.257. The smallest absolute Gasteiger partial charge is 0.147 e. The van der Waals surface area contributed by atoms with Gasteiger partial charge in [0, 0.05) is 77.9 Å². The minimum Gasteiger partial charge on any atom is -0.354 e. The Kier molecular flexibility index (Phi) is 12.5. The molecular weight excluding hydrogens is 549 g/mol. The summed E-state index contributed by atoms with van der Waals surface area (Å²) in [6.45, 7) is 11.6. The molecule has 2 aromatic rings. The van der Waals surface area contributed by atoms with Crippen molar-refractivity contribution in [2.75, 3.05) is 78.5 Å². The molecule has 10 heteroatoms. The Morgan fingerprint density at radius 1 is 0.605 bits per heavy atom. The van der Waals surface area contributed by atoms with E-state index in [4.69, 9.17) is 24.4 Å². The first-order chi connectivity index (χ1) is 18.7. The van der Waals surface area contributed by atoms with E-state index in [0.29, 0.717) is 0 Å². The molecule has 0 N–H and O–H groups in total. The Morgan fingerprint density at radius 3 is 1.34 bits per heavy atom. The van der Waals surface area contributed by atoms with Crippen molar-refractivity contribution < 1.29 is 0 Å². The monoisotopic (exact) mass is 584 g/mol. The van der Waals surface area contributed by atoms with Crippen LogP contribution < -0.4 is 0 Å². The third-order valence-corrected chi connectivity index (χ3v) is 10.3. The highest BCUT2D eigenvalue weighted by atomic mass is 33.1. The number of benzene rings is 2. The van der Waals surface area contributed by atoms with Gasteiger partial charge in [0.2, 0.25) is 0 Å². The summed E-state index contributed by atoms with van der Waals surface area (Å²) in [5.41, 5.74) is 2.31. The van der Waals surface area contributed by atoms with Gasteiger partial charge in [-0.2, -0.15) is 0 Å². The lowest BCUT2D eigenvalue weighted by atomic mass is 10.2. The normalized spacial score (nSPS) is 17.5. The fourth-order valence-corrected chi connectivity index (χ4v) is 7.06. The second-order valence-corrected chi connectivity index (χ2v) is 12.6. The van der Waals surface area contributed by atoms with Crippen molar-refractivity contribution in [3.63, 3.8) is 0 Å². The second-order valence-electron chi connectivity index (χ2n) is 9.25. The highest BCUT2D eigenvalue weighted by Crippen LogP contribution is 2.29. The van der Waals surface area contributed by atoms with Crippen LogP contribution in [0.3, 0.4) is 0 Å². The summed E-state index contributed by atoms with van der Waals surface area (Å²) in [6, 6.07) is 20.5. The van der Waals surface area contributed by atoms with E-state index in [1.54, 1.807) is 21.6 Å². The maximum absolute atomic E-state index is 5.73. The van der Waals surface area contributed by atoms with Crippen LogP contribution in [0.2, 0.25) is 0 Å². The second kappa shape index (κ2) is 16.3. The number of rotatable bonds is 8. The molecule has 2 saturated heterocycles. The topological polar surface area (TPSA) is 37.7 Å². The van der Waals surface area contributed by atoms with E-state index in [9.17, 15) is 0 Å². The molecule has 0 unspecified atom stereocenters. The number of hydrogen-bond donors (Lipinski definition) is 0. The zero-order chi connectivity index (χ0) is 26.4. The van der Waals surface area contributed by atoms with Crippen molar-refractivity contribution in [2.45, 2.75) is 0 Å². The molecule has 0 spiro atoms. The third kappa shape index (κ3) is 10.1. The summed E-state index contributed by atoms with van der Waals surface area (Å²) < 4.78 is 1.88. The van der Waals surface area contributed by atoms with E-state index in [1.807, 2.05) is 48.8 Å². The number of piperazine rings is 2. The zero-order valence-electron chi connectivity index (χ0n) is 21.7. The molecule has 0 bridgehead atoms. The number of nitrogens with zero attached hydrogens (tertiary/aromatic N) is 6. The summed E-state index contributed by atoms with van der Waals surface area (Å²) >= 11 is 11.5. The summed E-state index contributed by atoms with van der Waals surface area (Å²) in [7, 11) is 3.27. The molecule has 6 nitrogen and oxygen atoms in total. The van der Waals surface area contributed by atoms with Gasteiger partial charge in [0.1, 0.15) is 8.64 Å². The Labute approximate surface area is 246 Å². The van der Waals surface area contributed by atoms with Gasteiger partial charge in [-0.15, -0.1) is 0 Å². The predicted octanol–water partition coefficient (Wildman–Crippen LogP) is 4.41. The maximum atomic E-state index is 5.73. The van der Waals surface area contributed by atoms with Gasteiger partial charge in [0.25, 0.3) is 0 Å². The van der Waals surface area contributed by atoms with Crippen molar-refractivity contribution in [1.29, 1.82) is 0 Å². The summed E-state index contributed by atoms with van der Waals surface area (Å²) in [5.74, 6) is 0. The first kappa shape index (κ1) is 29.2. The van der Waals surface area contributed by atoms with Gasteiger partial charge in [-0.05, 0) is 32.7 Å². The summed E-state index contributed by atoms with van der Waals surface area (Å²) in [5, 5.41) is 0. The van der Waals surface area contributed by atoms with E-state index in [1.165, 1.54) is 0 Å². The van der Waals surface area contributed by atoms with Crippen LogP contribution >= 0.6 is 46.0 Å². The molecule has 202 valence electrons. The molecule has 2 fully saturated rings. The highest BCUT2D eigenvalue weighted by molar-refractivity contribution is 8.89. The first-order valence-corrected chi connectivity index (χ1v) is 16.1. The molecule has 2 aliphatic rings. The Hall–Kier alpha value is -1.82. The minimum absolute atomic E-state index is 0.826. The number of thiocarbonyl (C=S) groups is 2. The summed E-state index contributed by atoms with van der Waals surface area (Å²) in [4.78, 5) is 18.7. The fourth-order valence-electron chi connectivity index (χ4n) is 4.30. The SMILES string of the molecule is S=C(SSC(=S)N1CCN(CCN=Cc2ccccc2)CC1)N1CCN(CCN=Cc2ccccc2)CC1. The van der Waals surface area contributed by atoms with E-state index >= 15 is 0 Å². The van der Waals surface area contributed by atoms with Gasteiger partial charge >= 0.3 is 0 Å². The molecule has 0 aromatic heterocycles. The first-order valence-electron chi connectivity index (χ1n) is 13.1. The zero-order valence-corrected chi connectivity index (χ0v) is 25.0. The van der Waals surface area contributed by atoms with Gasteiger partial charge in [-0.3, -0.25) is 19.8 Å². The van der Waals surface area contributed by atoms with Crippen LogP contribution in [0.1, 0.15) is 11.1 Å². The maximum Gasteiger partial charge on any atom is 0.147 e. The lowest BCUT2D eigenvalue weighted by Crippen LogP contribution is -2.48. The molecule has 38 heavy (non-hydrogen) atoms. The molecule has 4 rings (SSSR count). The van der Waals surface area contributed by atoms with Gasteiger partial charge in [-0.25, -0.2) is 0 Å². The molecule has 2 aliphatic heterocycles. The molecule has 0 saturated carbocycles. The van der Waals surface area contributed by atoms with E-state index in [2.05, 4.69) is 53.8 Å². The predicted molar refractivity (Wildman–Crippen MR) is 174 cm³/mol. The molecule has 0 aliphatic carbocycles. The Bertz CT molecular complexity index is 964. The molecular formula is C28H36N6S4. The number of aliphatic imine (C=N–C) groups is 2. The molecule has 2 heterocycles. The van der Waals surface area contributed by atoms with E-state index in [0.717, 1.165) is 98.3 Å². The molecule has 0 atom stereocenters. The van der Waals surface area contributed by atoms with Gasteiger partial charge in [-0.1, -0.05) is 85.1 Å². The van der Waals surface area contributed by atoms with Crippen LogP contribution in [0.4, 0.5) is 0 Å². The summed E-state index contributed by atoms with van der Waals surface area (Å²) in [6.07, 6.45) is 3.92. The lowest BCUT2D eigenvalue weighted by Gasteiger charge is -2.36. The van der Waals surface area contributed by atoms with Crippen LogP contribution in [0, 0.1) is 0 Å². The van der Waals surface area contributed by atoms with E-state index < -0.39 is 0 Å². The highest BCUT2D eigenvalue weighted by Gasteiger charge is 2.22. The molecule has 2 aromatic carbocycles. The van der Waals surface area contributed by atoms with Crippen molar-refractivity contribution in [3.05, 3.63) is 71.8 Å². The van der Waals surface area contributed by atoms with Crippen molar-refractivity contribution in [3.8, 4) is 0 Å². The fraction of sp³-hybridized carbons (Fsp3) is 0.429. The molecule has 0 amide bonds. The van der Waals surface area contributed by atoms with Crippen LogP contribution in [0.25, 0.3) is 0 Å². The van der Waals surface area contributed by atoms with E-state index in [-0.39, 0.29) is 0 Å². The standard InChI is InChI=1S/C28H36N6S4/c35-27(33-19-15-31(16-20-33)13-11-29-23-25-7-3-1-4-8-25)37-38-28(36)34-21-17-32(18-22-34)14-12-30-24-26-9-5-2-6-10-26/h1-10,23-24H,11-22H2. The van der Waals surface area contributed by atoms with Crippen LogP contribution in [-0.2, 0) is 0 Å². The van der Waals surface area contributed by atoms with Crippen molar-refractivity contribution in [1.82, 2.24) is 19.6 Å².